The predicted molar refractivity (Wildman–Crippen MR) is 134 cm³/mol. The first-order valence-corrected chi connectivity index (χ1v) is 10.6. The van der Waals surface area contributed by atoms with Crippen LogP contribution in [-0.4, -0.2) is 31.7 Å². The molecule has 4 rings (SSSR count). The molecular weight excluding hydrogens is 446 g/mol. The van der Waals surface area contributed by atoms with Crippen molar-refractivity contribution in [1.29, 1.82) is 0 Å². The number of hydrogen-bond acceptors (Lipinski definition) is 6. The number of methoxy groups -OCH3 is 2. The highest BCUT2D eigenvalue weighted by Gasteiger charge is 2.13. The Balaban J connectivity index is 0.000000198. The molecule has 0 saturated carbocycles. The Morgan fingerprint density at radius 3 is 1.63 bits per heavy atom. The highest BCUT2D eigenvalue weighted by molar-refractivity contribution is 5.87. The molecule has 0 saturated heterocycles. The molecule has 0 amide bonds. The summed E-state index contributed by atoms with van der Waals surface area (Å²) in [6.07, 6.45) is 1.50. The van der Waals surface area contributed by atoms with Crippen molar-refractivity contribution in [2.24, 2.45) is 0 Å². The molecule has 7 nitrogen and oxygen atoms in total. The minimum absolute atomic E-state index is 0.00365. The molecule has 7 heteroatoms. The molecule has 0 aromatic heterocycles. The molecule has 0 radical (unpaired) electrons. The van der Waals surface area contributed by atoms with E-state index in [9.17, 15) is 19.7 Å². The van der Waals surface area contributed by atoms with Crippen LogP contribution in [0.2, 0.25) is 0 Å². The van der Waals surface area contributed by atoms with Gasteiger partial charge in [-0.05, 0) is 23.3 Å². The molecule has 4 aromatic rings. The zero-order chi connectivity index (χ0) is 25.2. The Morgan fingerprint density at radius 2 is 1.14 bits per heavy atom. The molecule has 0 aliphatic carbocycles. The number of carbonyl (C=O) groups is 2. The Hall–Kier alpha value is -4.78. The van der Waals surface area contributed by atoms with Crippen molar-refractivity contribution in [3.63, 3.8) is 0 Å². The van der Waals surface area contributed by atoms with Crippen LogP contribution < -0.4 is 9.47 Å². The van der Waals surface area contributed by atoms with Gasteiger partial charge in [-0.3, -0.25) is 19.7 Å². The lowest BCUT2D eigenvalue weighted by molar-refractivity contribution is -0.384. The van der Waals surface area contributed by atoms with E-state index in [4.69, 9.17) is 9.47 Å². The average Bonchev–Trinajstić information content (AvgIpc) is 2.92. The van der Waals surface area contributed by atoms with Crippen molar-refractivity contribution < 1.29 is 24.0 Å². The predicted octanol–water partition coefficient (Wildman–Crippen LogP) is 6.26. The second kappa shape index (κ2) is 11.9. The van der Waals surface area contributed by atoms with Crippen LogP contribution in [0.5, 0.6) is 11.5 Å². The molecule has 0 heterocycles. The SMILES string of the molecule is COc1c(C=O)cccc1-c1cccc([N+](=O)[O-])c1.COc1c(C=O)cccc1-c1ccccc1. The minimum atomic E-state index is -0.459. The summed E-state index contributed by atoms with van der Waals surface area (Å²) in [7, 11) is 3.04. The van der Waals surface area contributed by atoms with E-state index < -0.39 is 4.92 Å². The molecule has 0 atom stereocenters. The number of para-hydroxylation sites is 2. The number of rotatable bonds is 7. The van der Waals surface area contributed by atoms with Crippen LogP contribution in [0, 0.1) is 10.1 Å². The number of nitro benzene ring substituents is 1. The van der Waals surface area contributed by atoms with Gasteiger partial charge < -0.3 is 9.47 Å². The van der Waals surface area contributed by atoms with Crippen molar-refractivity contribution in [3.05, 3.63) is 112 Å². The first-order valence-electron chi connectivity index (χ1n) is 10.6. The highest BCUT2D eigenvalue weighted by atomic mass is 16.6. The molecule has 35 heavy (non-hydrogen) atoms. The maximum absolute atomic E-state index is 11.0. The van der Waals surface area contributed by atoms with Gasteiger partial charge in [0, 0.05) is 23.3 Å². The van der Waals surface area contributed by atoms with Crippen LogP contribution in [-0.2, 0) is 0 Å². The van der Waals surface area contributed by atoms with Crippen LogP contribution in [0.15, 0.2) is 91.0 Å². The summed E-state index contributed by atoms with van der Waals surface area (Å²) in [5.74, 6) is 1.04. The number of nitrogens with zero attached hydrogens (tertiary/aromatic N) is 1. The van der Waals surface area contributed by atoms with Gasteiger partial charge in [-0.15, -0.1) is 0 Å². The fraction of sp³-hybridized carbons (Fsp3) is 0.0714. The van der Waals surface area contributed by atoms with E-state index in [-0.39, 0.29) is 5.69 Å². The fourth-order valence-electron chi connectivity index (χ4n) is 3.61. The number of hydrogen-bond donors (Lipinski definition) is 0. The van der Waals surface area contributed by atoms with Gasteiger partial charge in [-0.25, -0.2) is 0 Å². The van der Waals surface area contributed by atoms with Gasteiger partial charge in [0.15, 0.2) is 12.6 Å². The Labute approximate surface area is 202 Å². The van der Waals surface area contributed by atoms with Gasteiger partial charge in [0.25, 0.3) is 5.69 Å². The summed E-state index contributed by atoms with van der Waals surface area (Å²) < 4.78 is 10.5. The number of carbonyl (C=O) groups excluding carboxylic acids is 2. The van der Waals surface area contributed by atoms with Crippen molar-refractivity contribution in [2.45, 2.75) is 0 Å². The van der Waals surface area contributed by atoms with Crippen LogP contribution in [0.4, 0.5) is 5.69 Å². The zero-order valence-electron chi connectivity index (χ0n) is 19.2. The highest BCUT2D eigenvalue weighted by Crippen LogP contribution is 2.34. The van der Waals surface area contributed by atoms with E-state index in [0.717, 1.165) is 17.4 Å². The molecule has 0 aliphatic heterocycles. The van der Waals surface area contributed by atoms with E-state index in [1.165, 1.54) is 19.2 Å². The first kappa shape index (κ1) is 24.9. The number of nitro groups is 1. The van der Waals surface area contributed by atoms with Gasteiger partial charge in [0.1, 0.15) is 11.5 Å². The summed E-state index contributed by atoms with van der Waals surface area (Å²) in [5.41, 5.74) is 4.24. The quantitative estimate of drug-likeness (QED) is 0.180. The third-order valence-electron chi connectivity index (χ3n) is 5.21. The third kappa shape index (κ3) is 5.78. The normalized spacial score (nSPS) is 9.89. The lowest BCUT2D eigenvalue weighted by Crippen LogP contribution is -1.94. The second-order valence-electron chi connectivity index (χ2n) is 7.27. The van der Waals surface area contributed by atoms with E-state index in [1.807, 2.05) is 42.5 Å². The lowest BCUT2D eigenvalue weighted by atomic mass is 10.0. The molecule has 0 N–H and O–H groups in total. The summed E-state index contributed by atoms with van der Waals surface area (Å²) in [6, 6.07) is 26.7. The smallest absolute Gasteiger partial charge is 0.270 e. The standard InChI is InChI=1S/C14H11NO4.C14H12O2/c1-19-14-11(9-16)5-3-7-13(14)10-4-2-6-12(8-10)15(17)18;1-16-14-12(10-15)8-5-9-13(14)11-6-3-2-4-7-11/h2-9H,1H3;2-10H,1H3. The van der Waals surface area contributed by atoms with E-state index in [1.54, 1.807) is 43.5 Å². The zero-order valence-corrected chi connectivity index (χ0v) is 19.2. The Bertz CT molecular complexity index is 1330. The molecule has 0 bridgehead atoms. The Morgan fingerprint density at radius 1 is 0.657 bits per heavy atom. The number of benzene rings is 4. The largest absolute Gasteiger partial charge is 0.495 e. The summed E-state index contributed by atoms with van der Waals surface area (Å²) in [4.78, 5) is 32.2. The fourth-order valence-corrected chi connectivity index (χ4v) is 3.61. The molecular formula is C28H23NO6. The third-order valence-corrected chi connectivity index (χ3v) is 5.21. The van der Waals surface area contributed by atoms with E-state index >= 15 is 0 Å². The summed E-state index contributed by atoms with van der Waals surface area (Å²) in [6.45, 7) is 0. The van der Waals surface area contributed by atoms with Gasteiger partial charge in [0.05, 0.1) is 30.3 Å². The maximum Gasteiger partial charge on any atom is 0.270 e. The van der Waals surface area contributed by atoms with Crippen molar-refractivity contribution in [1.82, 2.24) is 0 Å². The van der Waals surface area contributed by atoms with E-state index in [0.29, 0.717) is 40.0 Å². The van der Waals surface area contributed by atoms with E-state index in [2.05, 4.69) is 0 Å². The monoisotopic (exact) mass is 469 g/mol. The maximum atomic E-state index is 11.0. The first-order chi connectivity index (χ1) is 17.0. The van der Waals surface area contributed by atoms with Gasteiger partial charge >= 0.3 is 0 Å². The van der Waals surface area contributed by atoms with Crippen molar-refractivity contribution in [2.75, 3.05) is 14.2 Å². The molecule has 4 aromatic carbocycles. The van der Waals surface area contributed by atoms with Crippen molar-refractivity contribution in [3.8, 4) is 33.8 Å². The molecule has 0 unspecified atom stereocenters. The average molecular weight is 469 g/mol. The number of ether oxygens (including phenoxy) is 2. The van der Waals surface area contributed by atoms with Gasteiger partial charge in [-0.1, -0.05) is 66.7 Å². The second-order valence-corrected chi connectivity index (χ2v) is 7.27. The Kier molecular flexibility index (Phi) is 8.45. The van der Waals surface area contributed by atoms with Crippen LogP contribution >= 0.6 is 0 Å². The molecule has 176 valence electrons. The van der Waals surface area contributed by atoms with Crippen molar-refractivity contribution >= 4 is 18.3 Å². The topological polar surface area (TPSA) is 95.7 Å². The van der Waals surface area contributed by atoms with Crippen LogP contribution in [0.1, 0.15) is 20.7 Å². The van der Waals surface area contributed by atoms with Crippen LogP contribution in [0.25, 0.3) is 22.3 Å². The summed E-state index contributed by atoms with van der Waals surface area (Å²) in [5, 5.41) is 10.8. The molecule has 0 spiro atoms. The minimum Gasteiger partial charge on any atom is -0.495 e. The molecule has 0 aliphatic rings. The van der Waals surface area contributed by atoms with Gasteiger partial charge in [0.2, 0.25) is 0 Å². The number of aldehydes is 2. The summed E-state index contributed by atoms with van der Waals surface area (Å²) >= 11 is 0. The molecule has 0 fully saturated rings. The van der Waals surface area contributed by atoms with Gasteiger partial charge in [-0.2, -0.15) is 0 Å². The number of non-ortho nitro benzene ring substituents is 1. The van der Waals surface area contributed by atoms with Crippen LogP contribution in [0.3, 0.4) is 0 Å². The lowest BCUT2D eigenvalue weighted by Gasteiger charge is -2.10.